The number of alkyl halides is 15. The molecule has 40 heavy (non-hydrogen) atoms. The lowest BCUT2D eigenvalue weighted by Gasteiger charge is -2.41. The van der Waals surface area contributed by atoms with E-state index in [9.17, 15) is 84.2 Å². The standard InChI is InChI=1S/C17H2Cl3F17O3/c18-6-4(9(20)39)1-3(8(19)38)2-5(6)40-10(22)7(21)11(23,24)12(25,26)13(27,28)14(29,30)15(31,32)16(33,34)17(35,36)37/h1-2H. The maximum Gasteiger partial charge on any atom is 0.460 e. The zero-order valence-electron chi connectivity index (χ0n) is 17.4. The summed E-state index contributed by atoms with van der Waals surface area (Å²) < 4.78 is 229. The summed E-state index contributed by atoms with van der Waals surface area (Å²) >= 11 is 15.4. The molecule has 1 aromatic carbocycles. The van der Waals surface area contributed by atoms with E-state index < -0.39 is 85.9 Å². The Hall–Kier alpha value is -2.22. The summed E-state index contributed by atoms with van der Waals surface area (Å²) in [6, 6.07) is -3.41. The van der Waals surface area contributed by atoms with Crippen molar-refractivity contribution in [1.82, 2.24) is 0 Å². The van der Waals surface area contributed by atoms with Gasteiger partial charge >= 0.3 is 47.7 Å². The largest absolute Gasteiger partial charge is 0.460 e. The molecule has 0 aliphatic rings. The van der Waals surface area contributed by atoms with Crippen molar-refractivity contribution in [2.75, 3.05) is 0 Å². The first-order chi connectivity index (χ1) is 17.4. The number of benzene rings is 1. The summed E-state index contributed by atoms with van der Waals surface area (Å²) in [5.41, 5.74) is -2.12. The van der Waals surface area contributed by atoms with Gasteiger partial charge in [-0.05, 0) is 35.3 Å². The van der Waals surface area contributed by atoms with Crippen LogP contribution in [0.2, 0.25) is 5.02 Å². The van der Waals surface area contributed by atoms with Gasteiger partial charge in [0.05, 0.1) is 10.6 Å². The minimum absolute atomic E-state index is 0.0483. The van der Waals surface area contributed by atoms with Crippen LogP contribution in [0.4, 0.5) is 74.6 Å². The molecular weight excluding hydrogens is 682 g/mol. The second-order valence-electron chi connectivity index (χ2n) is 7.02. The fourth-order valence-electron chi connectivity index (χ4n) is 2.30. The number of hydrogen-bond acceptors (Lipinski definition) is 3. The molecule has 0 amide bonds. The van der Waals surface area contributed by atoms with Crippen LogP contribution < -0.4 is 4.74 Å². The van der Waals surface area contributed by atoms with Crippen molar-refractivity contribution in [2.24, 2.45) is 0 Å². The molecule has 0 saturated carbocycles. The van der Waals surface area contributed by atoms with Gasteiger partial charge in [0.1, 0.15) is 0 Å². The van der Waals surface area contributed by atoms with Gasteiger partial charge in [0.25, 0.3) is 10.5 Å². The SMILES string of the molecule is O=C(Cl)c1cc(OC(F)=C(F)C(F)(F)C(F)(F)C(F)(F)C(F)(F)C(F)(F)C(F)(F)C(F)(F)F)c(Cl)c(C(=O)Cl)c1. The Kier molecular flexibility index (Phi) is 9.45. The molecule has 0 saturated heterocycles. The maximum absolute atomic E-state index is 13.9. The Balaban J connectivity index is 3.76. The Bertz CT molecular complexity index is 1220. The lowest BCUT2D eigenvalue weighted by atomic mass is 9.91. The van der Waals surface area contributed by atoms with Crippen LogP contribution in [0.1, 0.15) is 20.7 Å². The van der Waals surface area contributed by atoms with Crippen molar-refractivity contribution in [3.8, 4) is 5.75 Å². The molecule has 0 spiro atoms. The average molecular weight is 684 g/mol. The first kappa shape index (κ1) is 35.8. The minimum atomic E-state index is -8.75. The van der Waals surface area contributed by atoms with Crippen molar-refractivity contribution in [3.05, 3.63) is 40.1 Å². The first-order valence-electron chi connectivity index (χ1n) is 8.75. The third kappa shape index (κ3) is 5.37. The fourth-order valence-corrected chi connectivity index (χ4v) is 2.84. The van der Waals surface area contributed by atoms with Crippen LogP contribution in [-0.2, 0) is 0 Å². The second kappa shape index (κ2) is 10.6. The van der Waals surface area contributed by atoms with Gasteiger partial charge in [0, 0.05) is 5.56 Å². The van der Waals surface area contributed by atoms with Gasteiger partial charge in [0.15, 0.2) is 5.75 Å². The van der Waals surface area contributed by atoms with E-state index in [1.807, 2.05) is 0 Å². The molecule has 0 fully saturated rings. The van der Waals surface area contributed by atoms with Crippen molar-refractivity contribution < 1.29 is 89.0 Å². The smallest absolute Gasteiger partial charge is 0.428 e. The molecule has 228 valence electrons. The monoisotopic (exact) mass is 682 g/mol. The Morgan fingerprint density at radius 2 is 1.02 bits per heavy atom. The number of allylic oxidation sites excluding steroid dienone is 1. The lowest BCUT2D eigenvalue weighted by Crippen LogP contribution is -2.72. The number of carbonyl (C=O) groups excluding carboxylic acids is 2. The van der Waals surface area contributed by atoms with Crippen molar-refractivity contribution >= 4 is 45.3 Å². The van der Waals surface area contributed by atoms with Gasteiger partial charge in [-0.2, -0.15) is 74.6 Å². The number of hydrogen-bond donors (Lipinski definition) is 0. The molecule has 1 aromatic rings. The van der Waals surface area contributed by atoms with E-state index in [1.165, 1.54) is 0 Å². The van der Waals surface area contributed by atoms with E-state index in [4.69, 9.17) is 34.8 Å². The zero-order chi connectivity index (χ0) is 32.2. The molecule has 0 bridgehead atoms. The zero-order valence-corrected chi connectivity index (χ0v) is 19.7. The van der Waals surface area contributed by atoms with Gasteiger partial charge in [-0.3, -0.25) is 9.59 Å². The van der Waals surface area contributed by atoms with Crippen LogP contribution in [0.3, 0.4) is 0 Å². The number of carbonyl (C=O) groups is 2. The Labute approximate surface area is 222 Å². The third-order valence-electron chi connectivity index (χ3n) is 4.45. The summed E-state index contributed by atoms with van der Waals surface area (Å²) in [6.07, 6.45) is -7.86. The maximum atomic E-state index is 13.9. The minimum Gasteiger partial charge on any atom is -0.428 e. The van der Waals surface area contributed by atoms with E-state index in [2.05, 4.69) is 4.74 Å². The van der Waals surface area contributed by atoms with Crippen molar-refractivity contribution in [1.29, 1.82) is 0 Å². The van der Waals surface area contributed by atoms with Crippen LogP contribution in [0.25, 0.3) is 0 Å². The van der Waals surface area contributed by atoms with E-state index >= 15 is 0 Å². The van der Waals surface area contributed by atoms with E-state index in [0.717, 1.165) is 0 Å². The van der Waals surface area contributed by atoms with Crippen molar-refractivity contribution in [2.45, 2.75) is 41.7 Å². The molecule has 0 radical (unpaired) electrons. The van der Waals surface area contributed by atoms with Crippen LogP contribution in [0, 0.1) is 0 Å². The highest BCUT2D eigenvalue weighted by Crippen LogP contribution is 2.63. The van der Waals surface area contributed by atoms with E-state index in [-0.39, 0.29) is 6.07 Å². The van der Waals surface area contributed by atoms with Crippen molar-refractivity contribution in [3.63, 3.8) is 0 Å². The number of ether oxygens (including phenoxy) is 1. The average Bonchev–Trinajstić information content (AvgIpc) is 2.77. The molecule has 0 aliphatic heterocycles. The number of halogens is 20. The third-order valence-corrected chi connectivity index (χ3v) is 5.27. The molecule has 0 atom stereocenters. The predicted octanol–water partition coefficient (Wildman–Crippen LogP) is 8.96. The van der Waals surface area contributed by atoms with Gasteiger partial charge in [-0.1, -0.05) is 11.6 Å². The molecule has 0 aliphatic carbocycles. The summed E-state index contributed by atoms with van der Waals surface area (Å²) in [5.74, 6) is -57.0. The molecule has 0 N–H and O–H groups in total. The van der Waals surface area contributed by atoms with Gasteiger partial charge < -0.3 is 4.74 Å². The van der Waals surface area contributed by atoms with Crippen LogP contribution in [0.15, 0.2) is 24.0 Å². The van der Waals surface area contributed by atoms with Crippen LogP contribution in [-0.4, -0.2) is 52.2 Å². The first-order valence-corrected chi connectivity index (χ1v) is 9.88. The fraction of sp³-hybridized carbons (Fsp3) is 0.412. The molecular formula is C17H2Cl3F17O3. The van der Waals surface area contributed by atoms with Crippen LogP contribution >= 0.6 is 34.8 Å². The van der Waals surface area contributed by atoms with E-state index in [1.54, 1.807) is 0 Å². The molecule has 3 nitrogen and oxygen atoms in total. The molecule has 1 rings (SSSR count). The quantitative estimate of drug-likeness (QED) is 0.141. The predicted molar refractivity (Wildman–Crippen MR) is 97.4 cm³/mol. The van der Waals surface area contributed by atoms with Gasteiger partial charge in [-0.15, -0.1) is 0 Å². The summed E-state index contributed by atoms with van der Waals surface area (Å²) in [4.78, 5) is 22.4. The Morgan fingerprint density at radius 1 is 0.625 bits per heavy atom. The highest BCUT2D eigenvalue weighted by molar-refractivity contribution is 6.70. The van der Waals surface area contributed by atoms with Crippen LogP contribution in [0.5, 0.6) is 5.75 Å². The summed E-state index contributed by atoms with van der Waals surface area (Å²) in [7, 11) is 0. The normalized spacial score (nSPS) is 15.1. The Morgan fingerprint density at radius 3 is 1.40 bits per heavy atom. The second-order valence-corrected chi connectivity index (χ2v) is 8.08. The molecule has 0 heterocycles. The molecule has 0 aromatic heterocycles. The summed E-state index contributed by atoms with van der Waals surface area (Å²) in [6.45, 7) is 0. The molecule has 0 unspecified atom stereocenters. The highest BCUT2D eigenvalue weighted by Gasteiger charge is 2.93. The van der Waals surface area contributed by atoms with Gasteiger partial charge in [-0.25, -0.2) is 0 Å². The highest BCUT2D eigenvalue weighted by atomic mass is 35.5. The number of rotatable bonds is 10. The lowest BCUT2D eigenvalue weighted by molar-refractivity contribution is -0.451. The topological polar surface area (TPSA) is 43.4 Å². The molecule has 23 heteroatoms. The van der Waals surface area contributed by atoms with Gasteiger partial charge in [0.2, 0.25) is 5.83 Å². The summed E-state index contributed by atoms with van der Waals surface area (Å²) in [5, 5.41) is -4.64. The van der Waals surface area contributed by atoms with E-state index in [0.29, 0.717) is 6.07 Å².